The number of carbonyl (C=O) groups is 2. The number of nitrogens with zero attached hydrogens (tertiary/aromatic N) is 2. The van der Waals surface area contributed by atoms with Crippen LogP contribution in [-0.4, -0.2) is 49.0 Å². The Kier molecular flexibility index (Phi) is 9.02. The van der Waals surface area contributed by atoms with Crippen molar-refractivity contribution in [3.8, 4) is 11.8 Å². The number of carboxylic acid groups (broad SMARTS) is 1. The molecule has 0 spiro atoms. The summed E-state index contributed by atoms with van der Waals surface area (Å²) in [7, 11) is 3.09. The second kappa shape index (κ2) is 11.5. The largest absolute Gasteiger partial charge is 0.494 e. The molecule has 0 bridgehead atoms. The van der Waals surface area contributed by atoms with E-state index in [1.54, 1.807) is 17.0 Å². The summed E-state index contributed by atoms with van der Waals surface area (Å²) in [5.41, 5.74) is 0. The van der Waals surface area contributed by atoms with Crippen LogP contribution in [0.1, 0.15) is 31.7 Å². The van der Waals surface area contributed by atoms with Crippen molar-refractivity contribution in [1.29, 1.82) is 0 Å². The molecule has 2 rings (SSSR count). The standard InChI is InChI=1S/C18H23N3O5S2/c22-14(9-12-27-28-15-6-2-4-11-20-15)19-10-3-1-5-13(18(25)26)21-16(23)7-8-17(21)24/h2,4,6-8,11,13,23-24H,1,3,5,9-10,12H2,(H,19,22)(H,25,26). The van der Waals surface area contributed by atoms with Gasteiger partial charge < -0.3 is 20.6 Å². The predicted octanol–water partition coefficient (Wildman–Crippen LogP) is 3.04. The Balaban J connectivity index is 1.60. The van der Waals surface area contributed by atoms with Crippen LogP contribution in [0.4, 0.5) is 0 Å². The number of amides is 1. The molecule has 2 aromatic rings. The van der Waals surface area contributed by atoms with E-state index in [9.17, 15) is 24.9 Å². The third kappa shape index (κ3) is 7.01. The fraction of sp³-hybridized carbons (Fsp3) is 0.389. The van der Waals surface area contributed by atoms with Crippen molar-refractivity contribution < 1.29 is 24.9 Å². The summed E-state index contributed by atoms with van der Waals surface area (Å²) in [5.74, 6) is -1.10. The number of hydrogen-bond acceptors (Lipinski definition) is 7. The van der Waals surface area contributed by atoms with Crippen LogP contribution in [0.3, 0.4) is 0 Å². The lowest BCUT2D eigenvalue weighted by Crippen LogP contribution is -2.25. The molecule has 0 aliphatic carbocycles. The lowest BCUT2D eigenvalue weighted by Gasteiger charge is -2.16. The molecular formula is C18H23N3O5S2. The highest BCUT2D eigenvalue weighted by atomic mass is 33.1. The molecule has 0 aromatic carbocycles. The number of unbranched alkanes of at least 4 members (excludes halogenated alkanes) is 1. The Morgan fingerprint density at radius 1 is 1.14 bits per heavy atom. The summed E-state index contributed by atoms with van der Waals surface area (Å²) in [6.45, 7) is 0.451. The highest BCUT2D eigenvalue weighted by molar-refractivity contribution is 8.76. The van der Waals surface area contributed by atoms with E-state index in [0.717, 1.165) is 9.59 Å². The molecule has 10 heteroatoms. The molecule has 2 heterocycles. The summed E-state index contributed by atoms with van der Waals surface area (Å²) in [6.07, 6.45) is 3.49. The number of carbonyl (C=O) groups excluding carboxylic acids is 1. The maximum atomic E-state index is 11.8. The molecule has 1 amide bonds. The molecule has 2 aromatic heterocycles. The summed E-state index contributed by atoms with van der Waals surface area (Å²) in [6, 6.07) is 7.12. The topological polar surface area (TPSA) is 125 Å². The molecule has 0 saturated heterocycles. The maximum Gasteiger partial charge on any atom is 0.326 e. The summed E-state index contributed by atoms with van der Waals surface area (Å²) < 4.78 is 0.984. The Bertz CT molecular complexity index is 750. The molecule has 0 radical (unpaired) electrons. The number of hydrogen-bond donors (Lipinski definition) is 4. The van der Waals surface area contributed by atoms with Crippen LogP contribution in [0.5, 0.6) is 11.8 Å². The smallest absolute Gasteiger partial charge is 0.326 e. The molecule has 28 heavy (non-hydrogen) atoms. The molecule has 0 saturated carbocycles. The van der Waals surface area contributed by atoms with Gasteiger partial charge in [0.1, 0.15) is 11.1 Å². The van der Waals surface area contributed by atoms with Gasteiger partial charge in [-0.3, -0.25) is 9.36 Å². The van der Waals surface area contributed by atoms with Gasteiger partial charge in [-0.1, -0.05) is 16.9 Å². The highest BCUT2D eigenvalue weighted by Crippen LogP contribution is 2.30. The average molecular weight is 426 g/mol. The van der Waals surface area contributed by atoms with Crippen molar-refractivity contribution in [2.24, 2.45) is 0 Å². The number of nitrogens with one attached hydrogen (secondary N) is 1. The van der Waals surface area contributed by atoms with Crippen LogP contribution < -0.4 is 5.32 Å². The highest BCUT2D eigenvalue weighted by Gasteiger charge is 2.23. The predicted molar refractivity (Wildman–Crippen MR) is 108 cm³/mol. The van der Waals surface area contributed by atoms with Crippen molar-refractivity contribution >= 4 is 33.5 Å². The number of carboxylic acids is 1. The first kappa shape index (κ1) is 22.0. The molecular weight excluding hydrogens is 402 g/mol. The molecule has 1 unspecified atom stereocenters. The van der Waals surface area contributed by atoms with Gasteiger partial charge in [-0.05, 0) is 42.2 Å². The number of rotatable bonds is 12. The van der Waals surface area contributed by atoms with E-state index in [4.69, 9.17) is 0 Å². The van der Waals surface area contributed by atoms with Crippen molar-refractivity contribution in [3.05, 3.63) is 36.5 Å². The third-order valence-electron chi connectivity index (χ3n) is 3.89. The number of aromatic hydroxyl groups is 2. The first-order valence-corrected chi connectivity index (χ1v) is 11.1. The molecule has 0 fully saturated rings. The van der Waals surface area contributed by atoms with Gasteiger partial charge >= 0.3 is 5.97 Å². The molecule has 0 aliphatic rings. The van der Waals surface area contributed by atoms with Crippen LogP contribution in [0, 0.1) is 0 Å². The lowest BCUT2D eigenvalue weighted by atomic mass is 10.1. The second-order valence-electron chi connectivity index (χ2n) is 5.94. The monoisotopic (exact) mass is 425 g/mol. The molecule has 4 N–H and O–H groups in total. The van der Waals surface area contributed by atoms with E-state index >= 15 is 0 Å². The van der Waals surface area contributed by atoms with Gasteiger partial charge in [0.25, 0.3) is 0 Å². The van der Waals surface area contributed by atoms with Gasteiger partial charge in [-0.2, -0.15) is 0 Å². The Morgan fingerprint density at radius 2 is 1.89 bits per heavy atom. The van der Waals surface area contributed by atoms with Crippen LogP contribution in [-0.2, 0) is 9.59 Å². The quantitative estimate of drug-likeness (QED) is 0.302. The molecule has 0 aliphatic heterocycles. The van der Waals surface area contributed by atoms with E-state index in [-0.39, 0.29) is 24.1 Å². The van der Waals surface area contributed by atoms with E-state index in [2.05, 4.69) is 10.3 Å². The zero-order valence-corrected chi connectivity index (χ0v) is 16.8. The third-order valence-corrected chi connectivity index (χ3v) is 6.16. The summed E-state index contributed by atoms with van der Waals surface area (Å²) in [4.78, 5) is 27.4. The van der Waals surface area contributed by atoms with Crippen LogP contribution in [0.2, 0.25) is 0 Å². The van der Waals surface area contributed by atoms with Gasteiger partial charge in [-0.15, -0.1) is 0 Å². The van der Waals surface area contributed by atoms with Crippen LogP contribution in [0.15, 0.2) is 41.6 Å². The summed E-state index contributed by atoms with van der Waals surface area (Å²) >= 11 is 0. The van der Waals surface area contributed by atoms with E-state index in [0.29, 0.717) is 31.6 Å². The first-order chi connectivity index (χ1) is 13.5. The van der Waals surface area contributed by atoms with Gasteiger partial charge in [0.15, 0.2) is 11.8 Å². The Morgan fingerprint density at radius 3 is 2.54 bits per heavy atom. The van der Waals surface area contributed by atoms with Gasteiger partial charge in [0.2, 0.25) is 5.91 Å². The first-order valence-electron chi connectivity index (χ1n) is 8.78. The van der Waals surface area contributed by atoms with Crippen molar-refractivity contribution in [2.45, 2.75) is 36.8 Å². The second-order valence-corrected chi connectivity index (χ2v) is 8.38. The Labute approximate surface area is 170 Å². The number of aromatic nitrogens is 2. The van der Waals surface area contributed by atoms with E-state index in [1.807, 2.05) is 18.2 Å². The lowest BCUT2D eigenvalue weighted by molar-refractivity contribution is -0.141. The fourth-order valence-corrected chi connectivity index (χ4v) is 4.39. The van der Waals surface area contributed by atoms with E-state index in [1.165, 1.54) is 22.9 Å². The fourth-order valence-electron chi connectivity index (χ4n) is 2.52. The average Bonchev–Trinajstić information content (AvgIpc) is 3.01. The van der Waals surface area contributed by atoms with Crippen LogP contribution in [0.25, 0.3) is 0 Å². The van der Waals surface area contributed by atoms with Gasteiger partial charge in [0, 0.05) is 37.0 Å². The molecule has 1 atom stereocenters. The van der Waals surface area contributed by atoms with Gasteiger partial charge in [0.05, 0.1) is 0 Å². The minimum atomic E-state index is -1.13. The normalized spacial score (nSPS) is 11.9. The van der Waals surface area contributed by atoms with Crippen LogP contribution >= 0.6 is 21.6 Å². The zero-order valence-electron chi connectivity index (χ0n) is 15.2. The molecule has 152 valence electrons. The molecule has 8 nitrogen and oxygen atoms in total. The van der Waals surface area contributed by atoms with Gasteiger partial charge in [-0.25, -0.2) is 9.78 Å². The number of pyridine rings is 1. The minimum Gasteiger partial charge on any atom is -0.494 e. The van der Waals surface area contributed by atoms with Crippen molar-refractivity contribution in [1.82, 2.24) is 14.9 Å². The minimum absolute atomic E-state index is 0.0513. The maximum absolute atomic E-state index is 11.8. The van der Waals surface area contributed by atoms with E-state index < -0.39 is 12.0 Å². The summed E-state index contributed by atoms with van der Waals surface area (Å²) in [5, 5.41) is 32.4. The van der Waals surface area contributed by atoms with Crippen molar-refractivity contribution in [2.75, 3.05) is 12.3 Å². The number of aliphatic carboxylic acids is 1. The Hall–Kier alpha value is -2.33. The SMILES string of the molecule is O=C(CCSSc1ccccn1)NCCCCC(C(=O)O)n1c(O)ccc1O. The zero-order chi connectivity index (χ0) is 20.4. The van der Waals surface area contributed by atoms with Crippen molar-refractivity contribution in [3.63, 3.8) is 0 Å².